The van der Waals surface area contributed by atoms with Gasteiger partial charge >= 0.3 is 0 Å². The van der Waals surface area contributed by atoms with Crippen LogP contribution in [0.5, 0.6) is 0 Å². The molecular weight excluding hydrogens is 228 g/mol. The smallest absolute Gasteiger partial charge is 0.225 e. The number of hydrogen-bond acceptors (Lipinski definition) is 4. The highest BCUT2D eigenvalue weighted by Crippen LogP contribution is 2.22. The van der Waals surface area contributed by atoms with Gasteiger partial charge in [-0.05, 0) is 0 Å². The van der Waals surface area contributed by atoms with E-state index in [1.165, 1.54) is 0 Å². The number of sulfone groups is 1. The molecular formula is C10H18N2O3S. The highest BCUT2D eigenvalue weighted by atomic mass is 32.2. The zero-order valence-electron chi connectivity index (χ0n) is 9.64. The van der Waals surface area contributed by atoms with Crippen LogP contribution in [0.3, 0.4) is 0 Å². The number of nitrogens with zero attached hydrogens (tertiary/aromatic N) is 1. The predicted octanol–water partition coefficient (Wildman–Crippen LogP) is -0.760. The third-order valence-corrected chi connectivity index (χ3v) is 4.98. The molecule has 2 rings (SSSR count). The third-order valence-electron chi connectivity index (χ3n) is 3.26. The van der Waals surface area contributed by atoms with E-state index in [1.54, 1.807) is 4.90 Å². The second-order valence-corrected chi connectivity index (χ2v) is 7.05. The molecule has 0 aromatic rings. The zero-order chi connectivity index (χ0) is 11.9. The van der Waals surface area contributed by atoms with Gasteiger partial charge in [0, 0.05) is 25.0 Å². The van der Waals surface area contributed by atoms with Crippen LogP contribution < -0.4 is 5.32 Å². The van der Waals surface area contributed by atoms with Crippen molar-refractivity contribution in [3.8, 4) is 0 Å². The number of fused-ring (bicyclic) bond motifs is 1. The van der Waals surface area contributed by atoms with E-state index in [2.05, 4.69) is 5.32 Å². The monoisotopic (exact) mass is 246 g/mol. The van der Waals surface area contributed by atoms with Gasteiger partial charge in [0.1, 0.15) is 0 Å². The molecule has 1 amide bonds. The van der Waals surface area contributed by atoms with Gasteiger partial charge in [0.05, 0.1) is 17.5 Å². The summed E-state index contributed by atoms with van der Waals surface area (Å²) in [4.78, 5) is 13.7. The third kappa shape index (κ3) is 2.08. The van der Waals surface area contributed by atoms with Crippen LogP contribution in [0, 0.1) is 5.92 Å². The van der Waals surface area contributed by atoms with E-state index < -0.39 is 9.84 Å². The van der Waals surface area contributed by atoms with Gasteiger partial charge in [-0.2, -0.15) is 0 Å². The Hall–Kier alpha value is -0.620. The fourth-order valence-corrected chi connectivity index (χ4v) is 4.43. The maximum absolute atomic E-state index is 12.0. The van der Waals surface area contributed by atoms with Crippen molar-refractivity contribution in [1.82, 2.24) is 10.2 Å². The summed E-state index contributed by atoms with van der Waals surface area (Å²) in [5.41, 5.74) is 0. The van der Waals surface area contributed by atoms with Gasteiger partial charge in [0.25, 0.3) is 0 Å². The van der Waals surface area contributed by atoms with E-state index in [4.69, 9.17) is 0 Å². The van der Waals surface area contributed by atoms with Crippen molar-refractivity contribution in [1.29, 1.82) is 0 Å². The van der Waals surface area contributed by atoms with E-state index in [-0.39, 0.29) is 35.4 Å². The van der Waals surface area contributed by atoms with E-state index >= 15 is 0 Å². The van der Waals surface area contributed by atoms with Crippen molar-refractivity contribution < 1.29 is 13.2 Å². The summed E-state index contributed by atoms with van der Waals surface area (Å²) in [6, 6.07) is -0.227. The topological polar surface area (TPSA) is 66.5 Å². The Kier molecular flexibility index (Phi) is 2.96. The van der Waals surface area contributed by atoms with Crippen LogP contribution >= 0.6 is 0 Å². The minimum Gasteiger partial charge on any atom is -0.336 e. The standard InChI is InChI=1S/C10H18N2O3S/c1-7(2)10(13)12-4-3-11-8-5-16(14,15)6-9(8)12/h7-9,11H,3-6H2,1-2H3/t8-,9-/m1/s1. The summed E-state index contributed by atoms with van der Waals surface area (Å²) in [7, 11) is -2.98. The summed E-state index contributed by atoms with van der Waals surface area (Å²) < 4.78 is 23.1. The van der Waals surface area contributed by atoms with Crippen molar-refractivity contribution in [2.24, 2.45) is 5.92 Å². The molecule has 92 valence electrons. The molecule has 16 heavy (non-hydrogen) atoms. The maximum Gasteiger partial charge on any atom is 0.225 e. The second-order valence-electron chi connectivity index (χ2n) is 4.89. The normalized spacial score (nSPS) is 32.8. The molecule has 0 bridgehead atoms. The lowest BCUT2D eigenvalue weighted by Gasteiger charge is -2.38. The van der Waals surface area contributed by atoms with Crippen LogP contribution in [0.2, 0.25) is 0 Å². The number of piperazine rings is 1. The number of carbonyl (C=O) groups is 1. The van der Waals surface area contributed by atoms with Crippen molar-refractivity contribution in [3.63, 3.8) is 0 Å². The first-order chi connectivity index (χ1) is 7.41. The van der Waals surface area contributed by atoms with Crippen molar-refractivity contribution >= 4 is 15.7 Å². The van der Waals surface area contributed by atoms with E-state index in [1.807, 2.05) is 13.8 Å². The van der Waals surface area contributed by atoms with Gasteiger partial charge in [-0.25, -0.2) is 8.42 Å². The average Bonchev–Trinajstić information content (AvgIpc) is 2.49. The van der Waals surface area contributed by atoms with Crippen molar-refractivity contribution in [2.75, 3.05) is 24.6 Å². The summed E-state index contributed by atoms with van der Waals surface area (Å²) in [5, 5.41) is 3.19. The number of carbonyl (C=O) groups excluding carboxylic acids is 1. The summed E-state index contributed by atoms with van der Waals surface area (Å²) in [5.74, 6) is 0.276. The molecule has 2 atom stereocenters. The molecule has 0 spiro atoms. The van der Waals surface area contributed by atoms with Crippen LogP contribution in [0.1, 0.15) is 13.8 Å². The molecule has 2 heterocycles. The van der Waals surface area contributed by atoms with Gasteiger partial charge in [0.15, 0.2) is 9.84 Å². The molecule has 1 N–H and O–H groups in total. The molecule has 0 aromatic carbocycles. The maximum atomic E-state index is 12.0. The van der Waals surface area contributed by atoms with E-state index in [0.29, 0.717) is 13.1 Å². The lowest BCUT2D eigenvalue weighted by atomic mass is 10.0. The minimum absolute atomic E-state index is 0.0635. The number of hydrogen-bond donors (Lipinski definition) is 1. The van der Waals surface area contributed by atoms with Gasteiger partial charge in [0.2, 0.25) is 5.91 Å². The minimum atomic E-state index is -2.98. The SMILES string of the molecule is CC(C)C(=O)N1CCN[C@@H]2CS(=O)(=O)C[C@H]21. The Labute approximate surface area is 96.1 Å². The quantitative estimate of drug-likeness (QED) is 0.660. The molecule has 6 heteroatoms. The lowest BCUT2D eigenvalue weighted by molar-refractivity contribution is -0.137. The predicted molar refractivity (Wildman–Crippen MR) is 60.8 cm³/mol. The molecule has 0 aromatic heterocycles. The fraction of sp³-hybridized carbons (Fsp3) is 0.900. The van der Waals surface area contributed by atoms with Crippen LogP contribution in [0.15, 0.2) is 0 Å². The first-order valence-electron chi connectivity index (χ1n) is 5.65. The van der Waals surface area contributed by atoms with Crippen LogP contribution in [-0.4, -0.2) is 55.9 Å². The number of rotatable bonds is 1. The highest BCUT2D eigenvalue weighted by Gasteiger charge is 2.44. The van der Waals surface area contributed by atoms with Crippen LogP contribution in [0.4, 0.5) is 0 Å². The molecule has 0 saturated carbocycles. The summed E-state index contributed by atoms with van der Waals surface area (Å²) in [6.45, 7) is 5.01. The summed E-state index contributed by atoms with van der Waals surface area (Å²) in [6.07, 6.45) is 0. The number of nitrogens with one attached hydrogen (secondary N) is 1. The van der Waals surface area contributed by atoms with Gasteiger partial charge in [-0.1, -0.05) is 13.8 Å². The largest absolute Gasteiger partial charge is 0.336 e. The Bertz CT molecular complexity index is 391. The van der Waals surface area contributed by atoms with Crippen molar-refractivity contribution in [3.05, 3.63) is 0 Å². The van der Waals surface area contributed by atoms with Crippen molar-refractivity contribution in [2.45, 2.75) is 25.9 Å². The molecule has 2 saturated heterocycles. The fourth-order valence-electron chi connectivity index (χ4n) is 2.47. The lowest BCUT2D eigenvalue weighted by Crippen LogP contribution is -2.59. The average molecular weight is 246 g/mol. The molecule has 2 aliphatic rings. The molecule has 2 aliphatic heterocycles. The van der Waals surface area contributed by atoms with Gasteiger partial charge in [-0.15, -0.1) is 0 Å². The molecule has 0 aliphatic carbocycles. The Balaban J connectivity index is 2.19. The summed E-state index contributed by atoms with van der Waals surface area (Å²) >= 11 is 0. The Morgan fingerprint density at radius 1 is 1.38 bits per heavy atom. The molecule has 0 unspecified atom stereocenters. The Morgan fingerprint density at radius 2 is 2.06 bits per heavy atom. The molecule has 5 nitrogen and oxygen atoms in total. The number of amides is 1. The Morgan fingerprint density at radius 3 is 2.69 bits per heavy atom. The van der Waals surface area contributed by atoms with E-state index in [9.17, 15) is 13.2 Å². The first kappa shape index (κ1) is 11.9. The van der Waals surface area contributed by atoms with Crippen LogP contribution in [-0.2, 0) is 14.6 Å². The highest BCUT2D eigenvalue weighted by molar-refractivity contribution is 7.91. The molecule has 2 fully saturated rings. The first-order valence-corrected chi connectivity index (χ1v) is 7.47. The molecule has 0 radical (unpaired) electrons. The van der Waals surface area contributed by atoms with Crippen LogP contribution in [0.25, 0.3) is 0 Å². The van der Waals surface area contributed by atoms with Gasteiger partial charge in [-0.3, -0.25) is 4.79 Å². The zero-order valence-corrected chi connectivity index (χ0v) is 10.5. The second kappa shape index (κ2) is 4.00. The van der Waals surface area contributed by atoms with Gasteiger partial charge < -0.3 is 10.2 Å². The van der Waals surface area contributed by atoms with E-state index in [0.717, 1.165) is 0 Å².